The second-order valence-corrected chi connectivity index (χ2v) is 3.51. The monoisotopic (exact) mass is 231 g/mol. The van der Waals surface area contributed by atoms with E-state index in [2.05, 4.69) is 5.10 Å². The quantitative estimate of drug-likeness (QED) is 0.583. The summed E-state index contributed by atoms with van der Waals surface area (Å²) < 4.78 is 1.18. The van der Waals surface area contributed by atoms with Gasteiger partial charge in [0.15, 0.2) is 0 Å². The molecule has 1 heterocycles. The van der Waals surface area contributed by atoms with Crippen molar-refractivity contribution < 1.29 is 9.72 Å². The first-order valence-electron chi connectivity index (χ1n) is 4.89. The maximum atomic E-state index is 11.9. The van der Waals surface area contributed by atoms with Crippen LogP contribution in [0.2, 0.25) is 0 Å². The summed E-state index contributed by atoms with van der Waals surface area (Å²) in [5.41, 5.74) is 0.826. The molecule has 0 aliphatic heterocycles. The van der Waals surface area contributed by atoms with Gasteiger partial charge >= 0.3 is 0 Å². The van der Waals surface area contributed by atoms with Crippen LogP contribution < -0.4 is 0 Å². The van der Waals surface area contributed by atoms with Crippen molar-refractivity contribution in [3.8, 4) is 0 Å². The Kier molecular flexibility index (Phi) is 2.70. The number of nitro benzene ring substituents is 1. The summed E-state index contributed by atoms with van der Waals surface area (Å²) in [6, 6.07) is 5.87. The zero-order valence-corrected chi connectivity index (χ0v) is 9.03. The van der Waals surface area contributed by atoms with Crippen molar-refractivity contribution in [3.63, 3.8) is 0 Å². The summed E-state index contributed by atoms with van der Waals surface area (Å²) in [7, 11) is 0. The number of hydrogen-bond donors (Lipinski definition) is 0. The molecule has 6 nitrogen and oxygen atoms in total. The van der Waals surface area contributed by atoms with Crippen molar-refractivity contribution in [1.29, 1.82) is 0 Å². The topological polar surface area (TPSA) is 78.0 Å². The fraction of sp³-hybridized carbons (Fsp3) is 0.0909. The minimum absolute atomic E-state index is 0.00187. The molecule has 0 spiro atoms. The highest BCUT2D eigenvalue weighted by Gasteiger charge is 2.14. The molecule has 0 aliphatic rings. The number of hydrogen-bond acceptors (Lipinski definition) is 4. The molecule has 0 amide bonds. The van der Waals surface area contributed by atoms with Crippen LogP contribution in [0, 0.1) is 17.0 Å². The van der Waals surface area contributed by atoms with E-state index in [1.807, 2.05) is 0 Å². The Morgan fingerprint density at radius 3 is 2.76 bits per heavy atom. The zero-order chi connectivity index (χ0) is 12.4. The van der Waals surface area contributed by atoms with Gasteiger partial charge in [-0.15, -0.1) is 0 Å². The van der Waals surface area contributed by atoms with Crippen LogP contribution in [0.25, 0.3) is 0 Å². The van der Waals surface area contributed by atoms with E-state index in [0.29, 0.717) is 11.1 Å². The molecule has 1 aromatic carbocycles. The molecule has 6 heteroatoms. The summed E-state index contributed by atoms with van der Waals surface area (Å²) in [4.78, 5) is 22.0. The second-order valence-electron chi connectivity index (χ2n) is 3.51. The summed E-state index contributed by atoms with van der Waals surface area (Å²) in [6.45, 7) is 1.60. The van der Waals surface area contributed by atoms with Crippen molar-refractivity contribution in [2.45, 2.75) is 6.92 Å². The average Bonchev–Trinajstić information content (AvgIpc) is 2.80. The van der Waals surface area contributed by atoms with Gasteiger partial charge in [0.1, 0.15) is 0 Å². The van der Waals surface area contributed by atoms with Crippen molar-refractivity contribution in [3.05, 3.63) is 57.9 Å². The number of carbonyl (C=O) groups is 1. The lowest BCUT2D eigenvalue weighted by atomic mass is 10.1. The standard InChI is InChI=1S/C11H9N3O3/c1-8-7-9(3-4-10(8)14(16)17)11(15)13-6-2-5-12-13/h2-7H,1H3. The SMILES string of the molecule is Cc1cc(C(=O)n2cccn2)ccc1[N+](=O)[O-]. The number of carbonyl (C=O) groups excluding carboxylic acids is 1. The molecule has 0 fully saturated rings. The third kappa shape index (κ3) is 2.05. The van der Waals surface area contributed by atoms with Crippen molar-refractivity contribution in [2.75, 3.05) is 0 Å². The van der Waals surface area contributed by atoms with Crippen LogP contribution in [0.1, 0.15) is 15.9 Å². The first-order chi connectivity index (χ1) is 8.09. The van der Waals surface area contributed by atoms with Gasteiger partial charge in [0.2, 0.25) is 0 Å². The number of aromatic nitrogens is 2. The molecule has 17 heavy (non-hydrogen) atoms. The van der Waals surface area contributed by atoms with Gasteiger partial charge in [0.05, 0.1) is 4.92 Å². The minimum atomic E-state index is -0.475. The van der Waals surface area contributed by atoms with Gasteiger partial charge in [0.25, 0.3) is 11.6 Å². The molecular formula is C11H9N3O3. The summed E-state index contributed by atoms with van der Waals surface area (Å²) in [5.74, 6) is -0.312. The van der Waals surface area contributed by atoms with Gasteiger partial charge in [-0.25, -0.2) is 4.68 Å². The van der Waals surface area contributed by atoms with Crippen LogP contribution in [0.4, 0.5) is 5.69 Å². The molecule has 0 aliphatic carbocycles. The predicted octanol–water partition coefficient (Wildman–Crippen LogP) is 1.79. The molecule has 0 N–H and O–H groups in total. The van der Waals surface area contributed by atoms with E-state index in [1.54, 1.807) is 13.0 Å². The fourth-order valence-electron chi connectivity index (χ4n) is 1.51. The molecule has 0 radical (unpaired) electrons. The Hall–Kier alpha value is -2.50. The lowest BCUT2D eigenvalue weighted by Gasteiger charge is -2.02. The van der Waals surface area contributed by atoms with Crippen LogP contribution in [0.15, 0.2) is 36.7 Å². The van der Waals surface area contributed by atoms with Crippen LogP contribution in [0.5, 0.6) is 0 Å². The van der Waals surface area contributed by atoms with Gasteiger partial charge in [-0.05, 0) is 25.1 Å². The molecule has 2 rings (SSSR count). The van der Waals surface area contributed by atoms with E-state index >= 15 is 0 Å². The van der Waals surface area contributed by atoms with E-state index in [0.717, 1.165) is 0 Å². The molecule has 1 aromatic heterocycles. The number of rotatable bonds is 2. The second kappa shape index (κ2) is 4.17. The molecule has 0 saturated heterocycles. The van der Waals surface area contributed by atoms with Crippen molar-refractivity contribution in [1.82, 2.24) is 9.78 Å². The highest BCUT2D eigenvalue weighted by molar-refractivity contribution is 5.95. The zero-order valence-electron chi connectivity index (χ0n) is 9.03. The van der Waals surface area contributed by atoms with Gasteiger partial charge in [0, 0.05) is 29.6 Å². The summed E-state index contributed by atoms with van der Waals surface area (Å²) in [6.07, 6.45) is 3.02. The Morgan fingerprint density at radius 2 is 2.24 bits per heavy atom. The normalized spacial score (nSPS) is 10.2. The lowest BCUT2D eigenvalue weighted by molar-refractivity contribution is -0.385. The maximum Gasteiger partial charge on any atom is 0.278 e. The Bertz CT molecular complexity index is 576. The number of nitrogens with zero attached hydrogens (tertiary/aromatic N) is 3. The molecule has 0 atom stereocenters. The third-order valence-electron chi connectivity index (χ3n) is 2.35. The average molecular weight is 231 g/mol. The third-order valence-corrected chi connectivity index (χ3v) is 2.35. The number of benzene rings is 1. The van der Waals surface area contributed by atoms with Crippen molar-refractivity contribution in [2.24, 2.45) is 0 Å². The lowest BCUT2D eigenvalue weighted by Crippen LogP contribution is -2.12. The maximum absolute atomic E-state index is 11.9. The largest absolute Gasteiger partial charge is 0.278 e. The smallest absolute Gasteiger partial charge is 0.267 e. The summed E-state index contributed by atoms with van der Waals surface area (Å²) in [5, 5.41) is 14.4. The van der Waals surface area contributed by atoms with Gasteiger partial charge < -0.3 is 0 Å². The molecule has 0 bridgehead atoms. The minimum Gasteiger partial charge on any atom is -0.267 e. The van der Waals surface area contributed by atoms with Gasteiger partial charge in [-0.3, -0.25) is 14.9 Å². The molecule has 0 unspecified atom stereocenters. The molecule has 0 saturated carbocycles. The molecule has 86 valence electrons. The van der Waals surface area contributed by atoms with E-state index < -0.39 is 4.92 Å². The predicted molar refractivity (Wildman–Crippen MR) is 59.8 cm³/mol. The van der Waals surface area contributed by atoms with Crippen molar-refractivity contribution >= 4 is 11.6 Å². The van der Waals surface area contributed by atoms with E-state index in [1.165, 1.54) is 35.3 Å². The Labute approximate surface area is 96.6 Å². The van der Waals surface area contributed by atoms with Gasteiger partial charge in [-0.1, -0.05) is 0 Å². The highest BCUT2D eigenvalue weighted by atomic mass is 16.6. The van der Waals surface area contributed by atoms with Gasteiger partial charge in [-0.2, -0.15) is 5.10 Å². The van der Waals surface area contributed by atoms with E-state index in [9.17, 15) is 14.9 Å². The molecule has 2 aromatic rings. The van der Waals surface area contributed by atoms with Crippen LogP contribution >= 0.6 is 0 Å². The fourth-order valence-corrected chi connectivity index (χ4v) is 1.51. The molecular weight excluding hydrogens is 222 g/mol. The van der Waals surface area contributed by atoms with Crippen LogP contribution in [-0.2, 0) is 0 Å². The highest BCUT2D eigenvalue weighted by Crippen LogP contribution is 2.19. The Morgan fingerprint density at radius 1 is 1.47 bits per heavy atom. The first-order valence-corrected chi connectivity index (χ1v) is 4.89. The first kappa shape index (κ1) is 11.0. The Balaban J connectivity index is 2.39. The van der Waals surface area contributed by atoms with E-state index in [4.69, 9.17) is 0 Å². The van der Waals surface area contributed by atoms with Crippen LogP contribution in [-0.4, -0.2) is 20.6 Å². The van der Waals surface area contributed by atoms with Crippen LogP contribution in [0.3, 0.4) is 0 Å². The van der Waals surface area contributed by atoms with E-state index in [-0.39, 0.29) is 11.6 Å². The summed E-state index contributed by atoms with van der Waals surface area (Å²) >= 11 is 0. The number of nitro groups is 1. The number of aryl methyl sites for hydroxylation is 1.